The van der Waals surface area contributed by atoms with Crippen molar-refractivity contribution in [3.05, 3.63) is 22.8 Å². The number of hydrogen-bond donors (Lipinski definition) is 2. The number of anilines is 1. The first-order valence-electron chi connectivity index (χ1n) is 6.98. The van der Waals surface area contributed by atoms with Gasteiger partial charge in [0.1, 0.15) is 5.82 Å². The van der Waals surface area contributed by atoms with Crippen LogP contribution in [0.2, 0.25) is 5.02 Å². The summed E-state index contributed by atoms with van der Waals surface area (Å²) in [6, 6.07) is 1.67. The predicted octanol–water partition coefficient (Wildman–Crippen LogP) is 1.85. The second kappa shape index (κ2) is 6.90. The van der Waals surface area contributed by atoms with Crippen LogP contribution in [0.4, 0.5) is 5.82 Å². The fourth-order valence-electron chi connectivity index (χ4n) is 2.45. The summed E-state index contributed by atoms with van der Waals surface area (Å²) < 4.78 is 0. The lowest BCUT2D eigenvalue weighted by Crippen LogP contribution is -2.31. The number of pyridine rings is 1. The van der Waals surface area contributed by atoms with E-state index in [0.717, 1.165) is 26.1 Å². The highest BCUT2D eigenvalue weighted by Crippen LogP contribution is 2.19. The zero-order valence-electron chi connectivity index (χ0n) is 11.9. The molecule has 2 heterocycles. The zero-order valence-corrected chi connectivity index (χ0v) is 12.7. The van der Waals surface area contributed by atoms with Crippen molar-refractivity contribution < 1.29 is 4.79 Å². The van der Waals surface area contributed by atoms with Crippen molar-refractivity contribution in [3.8, 4) is 0 Å². The van der Waals surface area contributed by atoms with Crippen LogP contribution in [-0.2, 0) is 0 Å². The lowest BCUT2D eigenvalue weighted by Gasteiger charge is -2.14. The van der Waals surface area contributed by atoms with Gasteiger partial charge in [-0.3, -0.25) is 4.79 Å². The summed E-state index contributed by atoms with van der Waals surface area (Å²) in [5.41, 5.74) is 0.469. The molecule has 5 nitrogen and oxygen atoms in total. The molecule has 1 atom stereocenters. The average Bonchev–Trinajstić information content (AvgIpc) is 2.93. The monoisotopic (exact) mass is 296 g/mol. The van der Waals surface area contributed by atoms with E-state index in [4.69, 9.17) is 11.6 Å². The van der Waals surface area contributed by atoms with Gasteiger partial charge in [-0.25, -0.2) is 4.98 Å². The number of amides is 1. The van der Waals surface area contributed by atoms with Crippen LogP contribution in [0.1, 0.15) is 23.7 Å². The van der Waals surface area contributed by atoms with Crippen molar-refractivity contribution in [1.82, 2.24) is 15.2 Å². The molecular formula is C14H21ClN4O. The third kappa shape index (κ3) is 3.61. The van der Waals surface area contributed by atoms with Crippen molar-refractivity contribution in [2.75, 3.05) is 38.5 Å². The maximum Gasteiger partial charge on any atom is 0.253 e. The molecule has 1 aromatic rings. The summed E-state index contributed by atoms with van der Waals surface area (Å²) >= 11 is 6.03. The first-order chi connectivity index (χ1) is 9.63. The van der Waals surface area contributed by atoms with Crippen LogP contribution in [0.25, 0.3) is 0 Å². The largest absolute Gasteiger partial charge is 0.373 e. The predicted molar refractivity (Wildman–Crippen MR) is 81.3 cm³/mol. The molecule has 0 spiro atoms. The summed E-state index contributed by atoms with van der Waals surface area (Å²) in [7, 11) is 1.76. The van der Waals surface area contributed by atoms with Gasteiger partial charge >= 0.3 is 0 Å². The van der Waals surface area contributed by atoms with Gasteiger partial charge in [-0.2, -0.15) is 0 Å². The highest BCUT2D eigenvalue weighted by molar-refractivity contribution is 6.33. The van der Waals surface area contributed by atoms with E-state index in [1.165, 1.54) is 6.20 Å². The molecule has 1 aliphatic rings. The van der Waals surface area contributed by atoms with E-state index < -0.39 is 0 Å². The summed E-state index contributed by atoms with van der Waals surface area (Å²) in [4.78, 5) is 18.6. The molecule has 1 saturated heterocycles. The Morgan fingerprint density at radius 1 is 1.60 bits per heavy atom. The molecule has 0 saturated carbocycles. The standard InChI is InChI=1S/C14H21ClN4O/c1-3-19-5-4-10(9-19)7-18-14(20)11-6-13(16-2)17-8-12(11)15/h6,8,10H,3-5,7,9H2,1-2H3,(H,16,17)(H,18,20). The average molecular weight is 297 g/mol. The van der Waals surface area contributed by atoms with E-state index >= 15 is 0 Å². The molecule has 1 fully saturated rings. The first kappa shape index (κ1) is 15.1. The Balaban J connectivity index is 1.92. The topological polar surface area (TPSA) is 57.3 Å². The number of carbonyl (C=O) groups excluding carboxylic acids is 1. The molecule has 2 N–H and O–H groups in total. The van der Waals surface area contributed by atoms with E-state index in [0.29, 0.717) is 28.9 Å². The number of halogens is 1. The highest BCUT2D eigenvalue weighted by Gasteiger charge is 2.22. The minimum atomic E-state index is -0.135. The summed E-state index contributed by atoms with van der Waals surface area (Å²) in [5.74, 6) is 1.03. The quantitative estimate of drug-likeness (QED) is 0.871. The third-order valence-electron chi connectivity index (χ3n) is 3.72. The third-order valence-corrected chi connectivity index (χ3v) is 4.03. The maximum atomic E-state index is 12.2. The SMILES string of the molecule is CCN1CCC(CNC(=O)c2cc(NC)ncc2Cl)C1. The number of likely N-dealkylation sites (tertiary alicyclic amines) is 1. The summed E-state index contributed by atoms with van der Waals surface area (Å²) in [6.07, 6.45) is 2.64. The van der Waals surface area contributed by atoms with Crippen molar-refractivity contribution >= 4 is 23.3 Å². The maximum absolute atomic E-state index is 12.2. The Morgan fingerprint density at radius 3 is 3.05 bits per heavy atom. The molecule has 1 aliphatic heterocycles. The number of carbonyl (C=O) groups is 1. The molecule has 1 aromatic heterocycles. The normalized spacial score (nSPS) is 19.1. The molecular weight excluding hydrogens is 276 g/mol. The van der Waals surface area contributed by atoms with E-state index in [9.17, 15) is 4.79 Å². The molecule has 1 unspecified atom stereocenters. The van der Waals surface area contributed by atoms with Gasteiger partial charge in [0.25, 0.3) is 5.91 Å². The Morgan fingerprint density at radius 2 is 2.40 bits per heavy atom. The van der Waals surface area contributed by atoms with Gasteiger partial charge in [0.15, 0.2) is 0 Å². The summed E-state index contributed by atoms with van der Waals surface area (Å²) in [5, 5.41) is 6.25. The summed E-state index contributed by atoms with van der Waals surface area (Å²) in [6.45, 7) is 6.12. The van der Waals surface area contributed by atoms with Crippen LogP contribution in [0, 0.1) is 5.92 Å². The lowest BCUT2D eigenvalue weighted by molar-refractivity contribution is 0.0947. The van der Waals surface area contributed by atoms with Gasteiger partial charge in [-0.05, 0) is 31.5 Å². The molecule has 0 radical (unpaired) electrons. The number of nitrogens with one attached hydrogen (secondary N) is 2. The van der Waals surface area contributed by atoms with Crippen molar-refractivity contribution in [3.63, 3.8) is 0 Å². The molecule has 0 aromatic carbocycles. The van der Waals surface area contributed by atoms with Crippen LogP contribution in [-0.4, -0.2) is 49.0 Å². The molecule has 20 heavy (non-hydrogen) atoms. The second-order valence-corrected chi connectivity index (χ2v) is 5.46. The van der Waals surface area contributed by atoms with E-state index in [1.807, 2.05) is 0 Å². The van der Waals surface area contributed by atoms with Crippen LogP contribution >= 0.6 is 11.6 Å². The van der Waals surface area contributed by atoms with Crippen molar-refractivity contribution in [2.24, 2.45) is 5.92 Å². The smallest absolute Gasteiger partial charge is 0.253 e. The van der Waals surface area contributed by atoms with Gasteiger partial charge in [0, 0.05) is 26.3 Å². The molecule has 2 rings (SSSR count). The van der Waals surface area contributed by atoms with Gasteiger partial charge in [-0.15, -0.1) is 0 Å². The number of hydrogen-bond acceptors (Lipinski definition) is 4. The molecule has 0 bridgehead atoms. The van der Waals surface area contributed by atoms with E-state index in [2.05, 4.69) is 27.4 Å². The van der Waals surface area contributed by atoms with Crippen LogP contribution in [0.15, 0.2) is 12.3 Å². The Hall–Kier alpha value is -1.33. The van der Waals surface area contributed by atoms with Crippen molar-refractivity contribution in [1.29, 1.82) is 0 Å². The Kier molecular flexibility index (Phi) is 5.20. The van der Waals surface area contributed by atoms with E-state index in [1.54, 1.807) is 13.1 Å². The highest BCUT2D eigenvalue weighted by atomic mass is 35.5. The van der Waals surface area contributed by atoms with E-state index in [-0.39, 0.29) is 5.91 Å². The van der Waals surface area contributed by atoms with Gasteiger partial charge in [0.05, 0.1) is 10.6 Å². The number of nitrogens with zero attached hydrogens (tertiary/aromatic N) is 2. The molecule has 0 aliphatic carbocycles. The fraction of sp³-hybridized carbons (Fsp3) is 0.571. The molecule has 6 heteroatoms. The van der Waals surface area contributed by atoms with Gasteiger partial charge in [-0.1, -0.05) is 18.5 Å². The lowest BCUT2D eigenvalue weighted by atomic mass is 10.1. The Labute approximate surface area is 124 Å². The minimum Gasteiger partial charge on any atom is -0.373 e. The van der Waals surface area contributed by atoms with Gasteiger partial charge in [0.2, 0.25) is 0 Å². The van der Waals surface area contributed by atoms with Crippen LogP contribution in [0.5, 0.6) is 0 Å². The molecule has 1 amide bonds. The molecule has 110 valence electrons. The second-order valence-electron chi connectivity index (χ2n) is 5.06. The minimum absolute atomic E-state index is 0.135. The number of aromatic nitrogens is 1. The Bertz CT molecular complexity index is 480. The number of rotatable bonds is 5. The zero-order chi connectivity index (χ0) is 14.5. The van der Waals surface area contributed by atoms with Crippen LogP contribution < -0.4 is 10.6 Å². The first-order valence-corrected chi connectivity index (χ1v) is 7.35. The fourth-order valence-corrected chi connectivity index (χ4v) is 2.64. The van der Waals surface area contributed by atoms with Crippen LogP contribution in [0.3, 0.4) is 0 Å². The van der Waals surface area contributed by atoms with Gasteiger partial charge < -0.3 is 15.5 Å². The van der Waals surface area contributed by atoms with Crippen molar-refractivity contribution in [2.45, 2.75) is 13.3 Å².